The van der Waals surface area contributed by atoms with Gasteiger partial charge in [0.1, 0.15) is 6.04 Å². The molecule has 3 aliphatic rings. The molecule has 4 rings (SSSR count). The fraction of sp³-hybridized carbons (Fsp3) is 0.889. The Morgan fingerprint density at radius 1 is 1.09 bits per heavy atom. The van der Waals surface area contributed by atoms with E-state index in [1.807, 2.05) is 4.68 Å². The molecule has 1 aromatic rings. The number of rotatable bonds is 6. The van der Waals surface area contributed by atoms with Crippen molar-refractivity contribution in [3.05, 3.63) is 11.9 Å². The second-order valence-electron chi connectivity index (χ2n) is 7.82. The van der Waals surface area contributed by atoms with Crippen LogP contribution in [0.1, 0.15) is 76.1 Å². The highest BCUT2D eigenvalue weighted by Crippen LogP contribution is 2.38. The third-order valence-corrected chi connectivity index (χ3v) is 6.22. The van der Waals surface area contributed by atoms with Gasteiger partial charge in [-0.15, -0.1) is 5.10 Å². The van der Waals surface area contributed by atoms with Crippen molar-refractivity contribution in [3.63, 3.8) is 0 Å². The highest BCUT2D eigenvalue weighted by molar-refractivity contribution is 5.03. The predicted molar refractivity (Wildman–Crippen MR) is 89.1 cm³/mol. The Bertz CT molecular complexity index is 503. The van der Waals surface area contributed by atoms with Crippen LogP contribution in [0.4, 0.5) is 0 Å². The number of aromatic nitrogens is 3. The molecular formula is C18H30N4O. The average Bonchev–Trinajstić information content (AvgIpc) is 2.93. The lowest BCUT2D eigenvalue weighted by atomic mass is 9.71. The minimum Gasteiger partial charge on any atom is -0.377 e. The van der Waals surface area contributed by atoms with Gasteiger partial charge in [0.25, 0.3) is 0 Å². The Morgan fingerprint density at radius 3 is 2.35 bits per heavy atom. The van der Waals surface area contributed by atoms with E-state index in [1.54, 1.807) is 0 Å². The molecule has 5 nitrogen and oxygen atoms in total. The van der Waals surface area contributed by atoms with E-state index >= 15 is 0 Å². The second-order valence-corrected chi connectivity index (χ2v) is 7.82. The summed E-state index contributed by atoms with van der Waals surface area (Å²) < 4.78 is 7.23. The normalized spacial score (nSPS) is 26.5. The van der Waals surface area contributed by atoms with Crippen LogP contribution in [0.25, 0.3) is 0 Å². The van der Waals surface area contributed by atoms with E-state index in [4.69, 9.17) is 4.74 Å². The van der Waals surface area contributed by atoms with Crippen LogP contribution in [0.2, 0.25) is 0 Å². The van der Waals surface area contributed by atoms with Gasteiger partial charge in [-0.2, -0.15) is 0 Å². The lowest BCUT2D eigenvalue weighted by Gasteiger charge is -2.42. The highest BCUT2D eigenvalue weighted by atomic mass is 16.5. The molecule has 128 valence electrons. The summed E-state index contributed by atoms with van der Waals surface area (Å²) in [5.74, 6) is 1.75. The molecule has 0 amide bonds. The van der Waals surface area contributed by atoms with E-state index in [0.717, 1.165) is 30.7 Å². The summed E-state index contributed by atoms with van der Waals surface area (Å²) in [5, 5.41) is 12.7. The van der Waals surface area contributed by atoms with Crippen LogP contribution in [0.5, 0.6) is 0 Å². The van der Waals surface area contributed by atoms with Crippen molar-refractivity contribution in [1.29, 1.82) is 0 Å². The summed E-state index contributed by atoms with van der Waals surface area (Å²) in [6, 6.07) is 1.36. The molecule has 1 saturated heterocycles. The molecular weight excluding hydrogens is 288 g/mol. The number of nitrogens with one attached hydrogen (secondary N) is 1. The van der Waals surface area contributed by atoms with Gasteiger partial charge in [-0.05, 0) is 44.4 Å². The largest absolute Gasteiger partial charge is 0.377 e. The van der Waals surface area contributed by atoms with Crippen molar-refractivity contribution in [1.82, 2.24) is 20.3 Å². The molecule has 1 aliphatic heterocycles. The molecule has 5 heteroatoms. The van der Waals surface area contributed by atoms with Crippen LogP contribution in [0.15, 0.2) is 6.20 Å². The Labute approximate surface area is 139 Å². The monoisotopic (exact) mass is 318 g/mol. The van der Waals surface area contributed by atoms with Crippen LogP contribution < -0.4 is 5.32 Å². The van der Waals surface area contributed by atoms with Gasteiger partial charge in [-0.25, -0.2) is 4.68 Å². The van der Waals surface area contributed by atoms with Gasteiger partial charge in [-0.3, -0.25) is 0 Å². The van der Waals surface area contributed by atoms with Crippen LogP contribution in [0.3, 0.4) is 0 Å². The fourth-order valence-corrected chi connectivity index (χ4v) is 4.37. The molecule has 3 fully saturated rings. The first-order chi connectivity index (χ1) is 11.3. The zero-order valence-electron chi connectivity index (χ0n) is 14.3. The standard InChI is InChI=1S/C18H30N4O/c1-13(17-10-22(21-20-17)16-11-23-12-16)19-18(15-8-5-9-15)14-6-3-2-4-7-14/h10,13-16,18-19H,2-9,11-12H2,1H3. The fourth-order valence-electron chi connectivity index (χ4n) is 4.37. The predicted octanol–water partition coefficient (Wildman–Crippen LogP) is 3.25. The number of hydrogen-bond donors (Lipinski definition) is 1. The van der Waals surface area contributed by atoms with Crippen molar-refractivity contribution < 1.29 is 4.74 Å². The Kier molecular flexibility index (Phi) is 4.67. The van der Waals surface area contributed by atoms with Gasteiger partial charge in [0.05, 0.1) is 31.1 Å². The first-order valence-electron chi connectivity index (χ1n) is 9.57. The first-order valence-corrected chi connectivity index (χ1v) is 9.57. The third kappa shape index (κ3) is 3.31. The number of ether oxygens (including phenoxy) is 1. The zero-order valence-corrected chi connectivity index (χ0v) is 14.3. The average molecular weight is 318 g/mol. The topological polar surface area (TPSA) is 52.0 Å². The molecule has 1 aromatic heterocycles. The Morgan fingerprint density at radius 2 is 1.78 bits per heavy atom. The molecule has 0 radical (unpaired) electrons. The van der Waals surface area contributed by atoms with E-state index < -0.39 is 0 Å². The lowest BCUT2D eigenvalue weighted by molar-refractivity contribution is -0.0294. The molecule has 2 aliphatic carbocycles. The maximum absolute atomic E-state index is 5.25. The molecule has 2 unspecified atom stereocenters. The van der Waals surface area contributed by atoms with Gasteiger partial charge < -0.3 is 10.1 Å². The van der Waals surface area contributed by atoms with Gasteiger partial charge in [-0.1, -0.05) is 30.9 Å². The maximum Gasteiger partial charge on any atom is 0.100 e. The summed E-state index contributed by atoms with van der Waals surface area (Å²) in [6.07, 6.45) is 13.4. The van der Waals surface area contributed by atoms with E-state index in [2.05, 4.69) is 28.7 Å². The van der Waals surface area contributed by atoms with Crippen LogP contribution in [0, 0.1) is 11.8 Å². The van der Waals surface area contributed by atoms with Crippen molar-refractivity contribution in [2.24, 2.45) is 11.8 Å². The summed E-state index contributed by atoms with van der Waals surface area (Å²) in [7, 11) is 0. The van der Waals surface area contributed by atoms with Crippen LogP contribution >= 0.6 is 0 Å². The van der Waals surface area contributed by atoms with Crippen LogP contribution in [-0.2, 0) is 4.74 Å². The van der Waals surface area contributed by atoms with Gasteiger partial charge in [0.2, 0.25) is 0 Å². The first kappa shape index (κ1) is 15.6. The molecule has 1 N–H and O–H groups in total. The van der Waals surface area contributed by atoms with E-state index in [0.29, 0.717) is 12.1 Å². The van der Waals surface area contributed by atoms with E-state index in [-0.39, 0.29) is 6.04 Å². The summed E-state index contributed by atoms with van der Waals surface area (Å²) in [5.41, 5.74) is 1.08. The molecule has 23 heavy (non-hydrogen) atoms. The van der Waals surface area contributed by atoms with E-state index in [1.165, 1.54) is 51.4 Å². The van der Waals surface area contributed by atoms with Crippen LogP contribution in [-0.4, -0.2) is 34.2 Å². The molecule has 2 atom stereocenters. The molecule has 2 saturated carbocycles. The second kappa shape index (κ2) is 6.89. The van der Waals surface area contributed by atoms with Crippen molar-refractivity contribution in [2.75, 3.05) is 13.2 Å². The maximum atomic E-state index is 5.25. The third-order valence-electron chi connectivity index (χ3n) is 6.22. The summed E-state index contributed by atoms with van der Waals surface area (Å²) in [6.45, 7) is 3.80. The summed E-state index contributed by atoms with van der Waals surface area (Å²) >= 11 is 0. The summed E-state index contributed by atoms with van der Waals surface area (Å²) in [4.78, 5) is 0. The van der Waals surface area contributed by atoms with Crippen molar-refractivity contribution in [2.45, 2.75) is 76.4 Å². The minimum absolute atomic E-state index is 0.289. The minimum atomic E-state index is 0.289. The smallest absolute Gasteiger partial charge is 0.100 e. The molecule has 0 aromatic carbocycles. The molecule has 0 spiro atoms. The van der Waals surface area contributed by atoms with Crippen molar-refractivity contribution in [3.8, 4) is 0 Å². The highest BCUT2D eigenvalue weighted by Gasteiger charge is 2.35. The molecule has 0 bridgehead atoms. The number of hydrogen-bond acceptors (Lipinski definition) is 4. The van der Waals surface area contributed by atoms with Gasteiger partial charge in [0.15, 0.2) is 0 Å². The lowest BCUT2D eigenvalue weighted by Crippen LogP contribution is -2.46. The molecule has 2 heterocycles. The Hall–Kier alpha value is -0.940. The number of nitrogens with zero attached hydrogens (tertiary/aromatic N) is 3. The quantitative estimate of drug-likeness (QED) is 0.875. The van der Waals surface area contributed by atoms with Gasteiger partial charge in [0, 0.05) is 6.04 Å². The van der Waals surface area contributed by atoms with E-state index in [9.17, 15) is 0 Å². The van der Waals surface area contributed by atoms with Gasteiger partial charge >= 0.3 is 0 Å². The SMILES string of the molecule is CC(NC(C1CCCCC1)C1CCC1)c1cn(C2COC2)nn1. The zero-order chi connectivity index (χ0) is 15.6. The van der Waals surface area contributed by atoms with Crippen molar-refractivity contribution >= 4 is 0 Å². The Balaban J connectivity index is 1.41.